The number of carbonyl (C=O) groups is 1. The number of hydrogen-bond acceptors (Lipinski definition) is 3. The summed E-state index contributed by atoms with van der Waals surface area (Å²) < 4.78 is 5.93. The maximum Gasteiger partial charge on any atom is 0.260 e. The molecule has 0 aliphatic rings. The molecule has 0 radical (unpaired) electrons. The SMILES string of the molecule is CCOc1cc(C)[n+]([O-])cc1C(=O)NC. The minimum atomic E-state index is -0.331. The smallest absolute Gasteiger partial charge is 0.260 e. The van der Waals surface area contributed by atoms with Crippen molar-refractivity contribution in [1.29, 1.82) is 0 Å². The van der Waals surface area contributed by atoms with Gasteiger partial charge in [0.05, 0.1) is 6.61 Å². The Morgan fingerprint density at radius 3 is 2.87 bits per heavy atom. The Balaban J connectivity index is 3.21. The zero-order valence-corrected chi connectivity index (χ0v) is 9.03. The molecule has 5 heteroatoms. The van der Waals surface area contributed by atoms with E-state index in [1.165, 1.54) is 13.2 Å². The third-order valence-corrected chi connectivity index (χ3v) is 1.97. The van der Waals surface area contributed by atoms with Crippen molar-refractivity contribution >= 4 is 5.91 Å². The van der Waals surface area contributed by atoms with Crippen molar-refractivity contribution < 1.29 is 14.3 Å². The first-order valence-electron chi connectivity index (χ1n) is 4.68. The lowest BCUT2D eigenvalue weighted by atomic mass is 10.2. The number of ether oxygens (including phenoxy) is 1. The molecule has 0 bridgehead atoms. The van der Waals surface area contributed by atoms with Gasteiger partial charge in [-0.25, -0.2) is 0 Å². The number of amides is 1. The Bertz CT molecular complexity index is 377. The molecule has 1 rings (SSSR count). The minimum Gasteiger partial charge on any atom is -0.618 e. The second kappa shape index (κ2) is 4.63. The molecule has 82 valence electrons. The zero-order chi connectivity index (χ0) is 11.4. The van der Waals surface area contributed by atoms with E-state index in [4.69, 9.17) is 4.74 Å². The van der Waals surface area contributed by atoms with Crippen molar-refractivity contribution in [2.75, 3.05) is 13.7 Å². The summed E-state index contributed by atoms with van der Waals surface area (Å²) in [5, 5.41) is 13.8. The Morgan fingerprint density at radius 2 is 2.33 bits per heavy atom. The van der Waals surface area contributed by atoms with E-state index in [0.29, 0.717) is 22.8 Å². The molecule has 0 aliphatic heterocycles. The molecule has 15 heavy (non-hydrogen) atoms. The van der Waals surface area contributed by atoms with Gasteiger partial charge in [0.2, 0.25) is 0 Å². The first kappa shape index (κ1) is 11.3. The number of nitrogens with zero attached hydrogens (tertiary/aromatic N) is 1. The van der Waals surface area contributed by atoms with E-state index in [9.17, 15) is 10.0 Å². The minimum absolute atomic E-state index is 0.250. The van der Waals surface area contributed by atoms with Crippen molar-refractivity contribution in [3.63, 3.8) is 0 Å². The summed E-state index contributed by atoms with van der Waals surface area (Å²) in [7, 11) is 1.51. The number of pyridine rings is 1. The molecule has 0 saturated heterocycles. The summed E-state index contributed by atoms with van der Waals surface area (Å²) in [5.41, 5.74) is 0.742. The standard InChI is InChI=1S/C10H14N2O3/c1-4-15-9-5-7(2)12(14)6-8(9)10(13)11-3/h5-6H,4H2,1-3H3,(H,11,13). The molecule has 0 unspecified atom stereocenters. The summed E-state index contributed by atoms with van der Waals surface area (Å²) in [4.78, 5) is 11.4. The van der Waals surface area contributed by atoms with Crippen LogP contribution in [0.2, 0.25) is 0 Å². The lowest BCUT2D eigenvalue weighted by molar-refractivity contribution is -0.612. The highest BCUT2D eigenvalue weighted by molar-refractivity contribution is 5.96. The molecule has 0 spiro atoms. The van der Waals surface area contributed by atoms with E-state index in [1.807, 2.05) is 6.92 Å². The molecule has 0 fully saturated rings. The van der Waals surface area contributed by atoms with E-state index in [2.05, 4.69) is 5.32 Å². The fourth-order valence-electron chi connectivity index (χ4n) is 1.19. The topological polar surface area (TPSA) is 65.3 Å². The normalized spacial score (nSPS) is 9.80. The summed E-state index contributed by atoms with van der Waals surface area (Å²) in [5.74, 6) is 0.101. The van der Waals surface area contributed by atoms with Gasteiger partial charge in [-0.1, -0.05) is 0 Å². The van der Waals surface area contributed by atoms with Crippen LogP contribution in [-0.2, 0) is 0 Å². The average molecular weight is 210 g/mol. The number of aryl methyl sites for hydroxylation is 1. The molecule has 0 aliphatic carbocycles. The first-order valence-corrected chi connectivity index (χ1v) is 4.68. The van der Waals surface area contributed by atoms with Gasteiger partial charge in [-0.05, 0) is 6.92 Å². The number of rotatable bonds is 3. The molecule has 1 heterocycles. The maximum atomic E-state index is 11.4. The van der Waals surface area contributed by atoms with Crippen molar-refractivity contribution in [2.24, 2.45) is 0 Å². The number of hydrogen-bond donors (Lipinski definition) is 1. The fraction of sp³-hybridized carbons (Fsp3) is 0.400. The van der Waals surface area contributed by atoms with Crippen molar-refractivity contribution in [1.82, 2.24) is 5.32 Å². The van der Waals surface area contributed by atoms with Gasteiger partial charge in [0.25, 0.3) is 5.91 Å². The molecular weight excluding hydrogens is 196 g/mol. The molecule has 0 saturated carbocycles. The zero-order valence-electron chi connectivity index (χ0n) is 9.03. The summed E-state index contributed by atoms with van der Waals surface area (Å²) in [6.07, 6.45) is 1.22. The number of aromatic nitrogens is 1. The van der Waals surface area contributed by atoms with Crippen molar-refractivity contribution in [2.45, 2.75) is 13.8 Å². The number of carbonyl (C=O) groups excluding carboxylic acids is 1. The van der Waals surface area contributed by atoms with Crippen LogP contribution in [0.3, 0.4) is 0 Å². The van der Waals surface area contributed by atoms with Crippen LogP contribution >= 0.6 is 0 Å². The molecule has 0 atom stereocenters. The molecule has 1 N–H and O–H groups in total. The quantitative estimate of drug-likeness (QED) is 0.579. The highest BCUT2D eigenvalue weighted by Gasteiger charge is 2.17. The van der Waals surface area contributed by atoms with Gasteiger partial charge in [-0.3, -0.25) is 4.79 Å². The third-order valence-electron chi connectivity index (χ3n) is 1.97. The van der Waals surface area contributed by atoms with Gasteiger partial charge >= 0.3 is 0 Å². The first-order chi connectivity index (χ1) is 7.10. The van der Waals surface area contributed by atoms with Crippen LogP contribution in [0.1, 0.15) is 23.0 Å². The van der Waals surface area contributed by atoms with Gasteiger partial charge < -0.3 is 15.3 Å². The van der Waals surface area contributed by atoms with Crippen molar-refractivity contribution in [3.05, 3.63) is 28.7 Å². The van der Waals surface area contributed by atoms with Crippen LogP contribution in [0.25, 0.3) is 0 Å². The van der Waals surface area contributed by atoms with E-state index in [1.54, 1.807) is 13.0 Å². The average Bonchev–Trinajstić information content (AvgIpc) is 2.22. The summed E-state index contributed by atoms with van der Waals surface area (Å²) in [6, 6.07) is 1.56. The summed E-state index contributed by atoms with van der Waals surface area (Å²) >= 11 is 0. The fourth-order valence-corrected chi connectivity index (χ4v) is 1.19. The molecule has 1 aromatic heterocycles. The molecule has 5 nitrogen and oxygen atoms in total. The molecule has 1 aromatic rings. The Morgan fingerprint density at radius 1 is 1.67 bits per heavy atom. The van der Waals surface area contributed by atoms with Crippen LogP contribution in [0.5, 0.6) is 5.75 Å². The highest BCUT2D eigenvalue weighted by atomic mass is 16.5. The molecule has 0 aromatic carbocycles. The Labute approximate surface area is 88.3 Å². The van der Waals surface area contributed by atoms with E-state index < -0.39 is 0 Å². The monoisotopic (exact) mass is 210 g/mol. The van der Waals surface area contributed by atoms with Crippen LogP contribution in [0.4, 0.5) is 0 Å². The predicted octanol–water partition coefficient (Wildman–Crippen LogP) is 0.387. The molecule has 1 amide bonds. The second-order valence-corrected chi connectivity index (χ2v) is 3.03. The van der Waals surface area contributed by atoms with E-state index in [0.717, 1.165) is 0 Å². The maximum absolute atomic E-state index is 11.4. The van der Waals surface area contributed by atoms with Crippen LogP contribution in [-0.4, -0.2) is 19.6 Å². The lowest BCUT2D eigenvalue weighted by Gasteiger charge is -2.09. The van der Waals surface area contributed by atoms with Gasteiger partial charge in [0, 0.05) is 20.0 Å². The van der Waals surface area contributed by atoms with Crippen LogP contribution in [0, 0.1) is 12.1 Å². The molecular formula is C10H14N2O3. The lowest BCUT2D eigenvalue weighted by Crippen LogP contribution is -2.33. The van der Waals surface area contributed by atoms with Crippen LogP contribution in [0.15, 0.2) is 12.3 Å². The highest BCUT2D eigenvalue weighted by Crippen LogP contribution is 2.17. The van der Waals surface area contributed by atoms with Crippen LogP contribution < -0.4 is 14.8 Å². The number of nitrogens with one attached hydrogen (secondary N) is 1. The Kier molecular flexibility index (Phi) is 3.49. The van der Waals surface area contributed by atoms with Crippen molar-refractivity contribution in [3.8, 4) is 5.75 Å². The van der Waals surface area contributed by atoms with E-state index in [-0.39, 0.29) is 11.5 Å². The van der Waals surface area contributed by atoms with Gasteiger partial charge in [0.1, 0.15) is 11.3 Å². The third kappa shape index (κ3) is 2.37. The summed E-state index contributed by atoms with van der Waals surface area (Å²) in [6.45, 7) is 3.93. The van der Waals surface area contributed by atoms with Gasteiger partial charge in [0.15, 0.2) is 11.9 Å². The van der Waals surface area contributed by atoms with Gasteiger partial charge in [-0.2, -0.15) is 4.73 Å². The Hall–Kier alpha value is -1.78. The largest absolute Gasteiger partial charge is 0.618 e. The predicted molar refractivity (Wildman–Crippen MR) is 54.7 cm³/mol. The van der Waals surface area contributed by atoms with Gasteiger partial charge in [-0.15, -0.1) is 0 Å². The van der Waals surface area contributed by atoms with E-state index >= 15 is 0 Å². The second-order valence-electron chi connectivity index (χ2n) is 3.03.